The number of likely N-dealkylation sites (tertiary alicyclic amines) is 1. The Labute approximate surface area is 227 Å². The molecule has 1 aromatic heterocycles. The number of ether oxygens (including phenoxy) is 1. The third-order valence-electron chi connectivity index (χ3n) is 6.39. The molecule has 10 nitrogen and oxygen atoms in total. The van der Waals surface area contributed by atoms with E-state index in [0.29, 0.717) is 46.9 Å². The summed E-state index contributed by atoms with van der Waals surface area (Å²) in [5.41, 5.74) is 1.86. The van der Waals surface area contributed by atoms with Crippen molar-refractivity contribution in [3.05, 3.63) is 85.7 Å². The van der Waals surface area contributed by atoms with Gasteiger partial charge in [-0.25, -0.2) is 13.2 Å². The number of benzene rings is 2. The SMILES string of the molecule is COc1c(C=Cc2ccc(NS(C)(=O)=O)cc2C(=O)N2CCC2)cc(-n2ccc(=O)[nH]c2=O)cc1C(C)(C)C. The van der Waals surface area contributed by atoms with E-state index in [1.165, 1.54) is 22.9 Å². The zero-order valence-electron chi connectivity index (χ0n) is 22.6. The maximum absolute atomic E-state index is 13.2. The second kappa shape index (κ2) is 10.6. The monoisotopic (exact) mass is 552 g/mol. The smallest absolute Gasteiger partial charge is 0.332 e. The Kier molecular flexibility index (Phi) is 7.56. The number of methoxy groups -OCH3 is 1. The van der Waals surface area contributed by atoms with Gasteiger partial charge >= 0.3 is 5.69 Å². The summed E-state index contributed by atoms with van der Waals surface area (Å²) in [5, 5.41) is 0. The Balaban J connectivity index is 1.86. The van der Waals surface area contributed by atoms with E-state index in [-0.39, 0.29) is 11.3 Å². The molecule has 0 spiro atoms. The second-order valence-electron chi connectivity index (χ2n) is 10.5. The first-order valence-electron chi connectivity index (χ1n) is 12.4. The maximum Gasteiger partial charge on any atom is 0.332 e. The van der Waals surface area contributed by atoms with Gasteiger partial charge in [0.15, 0.2) is 0 Å². The number of aromatic amines is 1. The lowest BCUT2D eigenvalue weighted by molar-refractivity contribution is 0.0651. The van der Waals surface area contributed by atoms with Crippen molar-refractivity contribution in [2.75, 3.05) is 31.2 Å². The van der Waals surface area contributed by atoms with Gasteiger partial charge in [-0.3, -0.25) is 23.9 Å². The third-order valence-corrected chi connectivity index (χ3v) is 7.00. The van der Waals surface area contributed by atoms with E-state index in [1.807, 2.05) is 26.8 Å². The number of nitrogens with one attached hydrogen (secondary N) is 2. The molecular weight excluding hydrogens is 520 g/mol. The number of anilines is 1. The van der Waals surface area contributed by atoms with Crippen LogP contribution in [0.5, 0.6) is 5.75 Å². The molecule has 2 aromatic carbocycles. The largest absolute Gasteiger partial charge is 0.496 e. The zero-order valence-corrected chi connectivity index (χ0v) is 23.4. The van der Waals surface area contributed by atoms with E-state index in [1.54, 1.807) is 42.4 Å². The highest BCUT2D eigenvalue weighted by atomic mass is 32.2. The average molecular weight is 553 g/mol. The van der Waals surface area contributed by atoms with Gasteiger partial charge in [-0.05, 0) is 41.7 Å². The predicted octanol–water partition coefficient (Wildman–Crippen LogP) is 3.22. The Morgan fingerprint density at radius 3 is 2.31 bits per heavy atom. The summed E-state index contributed by atoms with van der Waals surface area (Å²) in [6.45, 7) is 7.36. The molecule has 4 rings (SSSR count). The van der Waals surface area contributed by atoms with E-state index in [2.05, 4.69) is 9.71 Å². The van der Waals surface area contributed by atoms with Crippen molar-refractivity contribution in [2.24, 2.45) is 0 Å². The van der Waals surface area contributed by atoms with Crippen molar-refractivity contribution < 1.29 is 17.9 Å². The van der Waals surface area contributed by atoms with Gasteiger partial charge in [-0.2, -0.15) is 0 Å². The average Bonchev–Trinajstić information content (AvgIpc) is 2.80. The van der Waals surface area contributed by atoms with E-state index in [0.717, 1.165) is 18.2 Å². The standard InChI is InChI=1S/C28H32N4O6S/c1-28(2,3)23-17-21(32-14-11-24(33)29-27(32)35)15-19(25(23)38-4)8-7-18-9-10-20(30-39(5,36)37)16-22(18)26(34)31-12-6-13-31/h7-11,14-17,30H,6,12-13H2,1-5H3,(H,29,33,35). The minimum absolute atomic E-state index is 0.186. The molecule has 3 aromatic rings. The lowest BCUT2D eigenvalue weighted by Crippen LogP contribution is -2.42. The van der Waals surface area contributed by atoms with E-state index >= 15 is 0 Å². The molecule has 206 valence electrons. The molecule has 11 heteroatoms. The van der Waals surface area contributed by atoms with Crippen LogP contribution in [0.3, 0.4) is 0 Å². The summed E-state index contributed by atoms with van der Waals surface area (Å²) in [4.78, 5) is 41.4. The summed E-state index contributed by atoms with van der Waals surface area (Å²) in [5.74, 6) is 0.417. The van der Waals surface area contributed by atoms with Crippen LogP contribution >= 0.6 is 0 Å². The number of H-pyrrole nitrogens is 1. The summed E-state index contributed by atoms with van der Waals surface area (Å²) >= 11 is 0. The first-order valence-corrected chi connectivity index (χ1v) is 14.3. The number of sulfonamides is 1. The summed E-state index contributed by atoms with van der Waals surface area (Å²) in [6, 6.07) is 9.71. The lowest BCUT2D eigenvalue weighted by Gasteiger charge is -2.31. The fourth-order valence-electron chi connectivity index (χ4n) is 4.34. The Morgan fingerprint density at radius 2 is 1.74 bits per heavy atom. The van der Waals surface area contributed by atoms with Gasteiger partial charge in [-0.1, -0.05) is 39.0 Å². The van der Waals surface area contributed by atoms with Crippen molar-refractivity contribution in [3.8, 4) is 11.4 Å². The number of hydrogen-bond acceptors (Lipinski definition) is 6. The molecule has 39 heavy (non-hydrogen) atoms. The number of amides is 1. The minimum atomic E-state index is -3.52. The van der Waals surface area contributed by atoms with Crippen LogP contribution in [0, 0.1) is 0 Å². The van der Waals surface area contributed by atoms with Crippen molar-refractivity contribution >= 4 is 33.8 Å². The molecule has 1 fully saturated rings. The Hall–Kier alpha value is -4.12. The fourth-order valence-corrected chi connectivity index (χ4v) is 4.89. The van der Waals surface area contributed by atoms with Gasteiger partial charge in [0.05, 0.1) is 19.1 Å². The molecule has 1 saturated heterocycles. The quantitative estimate of drug-likeness (QED) is 0.433. The summed E-state index contributed by atoms with van der Waals surface area (Å²) in [7, 11) is -1.96. The molecule has 0 radical (unpaired) electrons. The van der Waals surface area contributed by atoms with Crippen molar-refractivity contribution in [3.63, 3.8) is 0 Å². The molecule has 0 atom stereocenters. The van der Waals surface area contributed by atoms with Crippen LogP contribution in [0.4, 0.5) is 5.69 Å². The summed E-state index contributed by atoms with van der Waals surface area (Å²) in [6.07, 6.45) is 6.95. The van der Waals surface area contributed by atoms with Gasteiger partial charge in [0.25, 0.3) is 11.5 Å². The van der Waals surface area contributed by atoms with Crippen molar-refractivity contribution in [2.45, 2.75) is 32.6 Å². The van der Waals surface area contributed by atoms with Crippen molar-refractivity contribution in [1.29, 1.82) is 0 Å². The van der Waals surface area contributed by atoms with Crippen LogP contribution in [0.1, 0.15) is 54.2 Å². The number of nitrogens with zero attached hydrogens (tertiary/aromatic N) is 2. The third kappa shape index (κ3) is 6.31. The minimum Gasteiger partial charge on any atom is -0.496 e. The molecule has 2 heterocycles. The molecule has 0 saturated carbocycles. The van der Waals surface area contributed by atoms with Gasteiger partial charge < -0.3 is 9.64 Å². The highest BCUT2D eigenvalue weighted by Crippen LogP contribution is 2.37. The Morgan fingerprint density at radius 1 is 1.05 bits per heavy atom. The molecule has 1 aliphatic rings. The van der Waals surface area contributed by atoms with E-state index in [9.17, 15) is 22.8 Å². The van der Waals surface area contributed by atoms with Gasteiger partial charge in [0, 0.05) is 47.7 Å². The predicted molar refractivity (Wildman–Crippen MR) is 152 cm³/mol. The fraction of sp³-hybridized carbons (Fsp3) is 0.321. The van der Waals surface area contributed by atoms with Crippen LogP contribution in [-0.2, 0) is 15.4 Å². The summed E-state index contributed by atoms with van der Waals surface area (Å²) < 4.78 is 33.1. The number of hydrogen-bond donors (Lipinski definition) is 2. The van der Waals surface area contributed by atoms with Gasteiger partial charge in [0.2, 0.25) is 10.0 Å². The van der Waals surface area contributed by atoms with Crippen LogP contribution in [-0.4, -0.2) is 55.2 Å². The first-order chi connectivity index (χ1) is 18.3. The van der Waals surface area contributed by atoms with Crippen LogP contribution < -0.4 is 20.7 Å². The number of aromatic nitrogens is 2. The highest BCUT2D eigenvalue weighted by Gasteiger charge is 2.25. The van der Waals surface area contributed by atoms with Crippen molar-refractivity contribution in [1.82, 2.24) is 14.5 Å². The number of rotatable bonds is 7. The zero-order chi connectivity index (χ0) is 28.5. The van der Waals surface area contributed by atoms with Gasteiger partial charge in [-0.15, -0.1) is 0 Å². The first kappa shape index (κ1) is 27.9. The Bertz CT molecular complexity index is 1680. The molecular formula is C28H32N4O6S. The van der Waals surface area contributed by atoms with Crippen LogP contribution in [0.25, 0.3) is 17.8 Å². The number of carbonyl (C=O) groups excluding carboxylic acids is 1. The second-order valence-corrected chi connectivity index (χ2v) is 12.2. The van der Waals surface area contributed by atoms with Crippen LogP contribution in [0.2, 0.25) is 0 Å². The van der Waals surface area contributed by atoms with Gasteiger partial charge in [0.1, 0.15) is 5.75 Å². The molecule has 0 unspecified atom stereocenters. The lowest BCUT2D eigenvalue weighted by atomic mass is 9.84. The van der Waals surface area contributed by atoms with E-state index in [4.69, 9.17) is 4.74 Å². The normalized spacial score (nSPS) is 13.8. The van der Waals surface area contributed by atoms with E-state index < -0.39 is 21.3 Å². The highest BCUT2D eigenvalue weighted by molar-refractivity contribution is 7.92. The molecule has 0 bridgehead atoms. The molecule has 0 aliphatic carbocycles. The number of carbonyl (C=O) groups is 1. The molecule has 1 aliphatic heterocycles. The van der Waals surface area contributed by atoms with Crippen LogP contribution in [0.15, 0.2) is 52.2 Å². The molecule has 2 N–H and O–H groups in total. The topological polar surface area (TPSA) is 131 Å². The maximum atomic E-state index is 13.2. The molecule has 1 amide bonds.